The van der Waals surface area contributed by atoms with Gasteiger partial charge in [0.05, 0.1) is 6.04 Å². The van der Waals surface area contributed by atoms with Gasteiger partial charge in [0.15, 0.2) is 6.10 Å². The SMILES string of the molecule is CC[C@H](NC(=O)[C@@H](C)Oc1cc(C)c(Cl)c(C)c1)c1ccc(C)cc1C. The van der Waals surface area contributed by atoms with Crippen LogP contribution in [0.4, 0.5) is 0 Å². The summed E-state index contributed by atoms with van der Waals surface area (Å²) in [5.74, 6) is 0.536. The van der Waals surface area contributed by atoms with E-state index in [0.717, 1.165) is 28.1 Å². The highest BCUT2D eigenvalue weighted by molar-refractivity contribution is 6.32. The first-order valence-electron chi connectivity index (χ1n) is 9.03. The summed E-state index contributed by atoms with van der Waals surface area (Å²) in [6.07, 6.45) is 0.233. The summed E-state index contributed by atoms with van der Waals surface area (Å²) in [5.41, 5.74) is 5.44. The van der Waals surface area contributed by atoms with Gasteiger partial charge in [0.25, 0.3) is 5.91 Å². The highest BCUT2D eigenvalue weighted by Crippen LogP contribution is 2.27. The molecule has 0 heterocycles. The van der Waals surface area contributed by atoms with Crippen LogP contribution in [0, 0.1) is 27.7 Å². The Morgan fingerprint density at radius 1 is 1.08 bits per heavy atom. The summed E-state index contributed by atoms with van der Waals surface area (Å²) >= 11 is 6.20. The molecule has 0 spiro atoms. The van der Waals surface area contributed by atoms with Gasteiger partial charge in [-0.1, -0.05) is 42.3 Å². The van der Waals surface area contributed by atoms with Gasteiger partial charge in [-0.05, 0) is 75.4 Å². The second-order valence-electron chi connectivity index (χ2n) is 6.96. The van der Waals surface area contributed by atoms with Crippen molar-refractivity contribution in [3.05, 3.63) is 63.2 Å². The molecule has 3 nitrogen and oxygen atoms in total. The lowest BCUT2D eigenvalue weighted by atomic mass is 9.97. The summed E-state index contributed by atoms with van der Waals surface area (Å²) in [5, 5.41) is 3.85. The van der Waals surface area contributed by atoms with Gasteiger partial charge in [0.1, 0.15) is 5.75 Å². The molecule has 0 aliphatic carbocycles. The van der Waals surface area contributed by atoms with Crippen molar-refractivity contribution in [2.24, 2.45) is 0 Å². The minimum Gasteiger partial charge on any atom is -0.481 e. The summed E-state index contributed by atoms with van der Waals surface area (Å²) in [6, 6.07) is 10.0. The van der Waals surface area contributed by atoms with Crippen LogP contribution < -0.4 is 10.1 Å². The van der Waals surface area contributed by atoms with Crippen molar-refractivity contribution in [2.45, 2.75) is 60.1 Å². The minimum atomic E-state index is -0.588. The third kappa shape index (κ3) is 4.79. The highest BCUT2D eigenvalue weighted by atomic mass is 35.5. The molecule has 0 aromatic heterocycles. The van der Waals surface area contributed by atoms with Crippen molar-refractivity contribution in [2.75, 3.05) is 0 Å². The molecule has 2 rings (SSSR count). The second kappa shape index (κ2) is 8.59. The van der Waals surface area contributed by atoms with Crippen molar-refractivity contribution < 1.29 is 9.53 Å². The Morgan fingerprint density at radius 2 is 1.69 bits per heavy atom. The predicted octanol–water partition coefficient (Wildman–Crippen LogP) is 5.61. The smallest absolute Gasteiger partial charge is 0.261 e. The van der Waals surface area contributed by atoms with Crippen molar-refractivity contribution in [1.82, 2.24) is 5.32 Å². The molecule has 0 saturated carbocycles. The van der Waals surface area contributed by atoms with Crippen LogP contribution in [0.1, 0.15) is 54.1 Å². The van der Waals surface area contributed by atoms with Gasteiger partial charge in [-0.25, -0.2) is 0 Å². The molecule has 0 radical (unpaired) electrons. The number of hydrogen-bond acceptors (Lipinski definition) is 2. The lowest BCUT2D eigenvalue weighted by molar-refractivity contribution is -0.128. The topological polar surface area (TPSA) is 38.3 Å². The van der Waals surface area contributed by atoms with Gasteiger partial charge in [0, 0.05) is 5.02 Å². The number of nitrogens with one attached hydrogen (secondary N) is 1. The molecule has 4 heteroatoms. The fraction of sp³-hybridized carbons (Fsp3) is 0.409. The minimum absolute atomic E-state index is 0.0251. The molecule has 0 unspecified atom stereocenters. The van der Waals surface area contributed by atoms with E-state index >= 15 is 0 Å². The Balaban J connectivity index is 2.10. The van der Waals surface area contributed by atoms with E-state index in [1.807, 2.05) is 26.0 Å². The molecule has 0 bridgehead atoms. The van der Waals surface area contributed by atoms with Gasteiger partial charge < -0.3 is 10.1 Å². The fourth-order valence-corrected chi connectivity index (χ4v) is 3.25. The summed E-state index contributed by atoms with van der Waals surface area (Å²) < 4.78 is 5.85. The van der Waals surface area contributed by atoms with E-state index in [0.29, 0.717) is 5.75 Å². The summed E-state index contributed by atoms with van der Waals surface area (Å²) in [6.45, 7) is 11.9. The number of rotatable bonds is 6. The second-order valence-corrected chi connectivity index (χ2v) is 7.34. The molecule has 0 aliphatic rings. The maximum Gasteiger partial charge on any atom is 0.261 e. The third-order valence-electron chi connectivity index (χ3n) is 4.62. The van der Waals surface area contributed by atoms with Crippen molar-refractivity contribution in [3.8, 4) is 5.75 Å². The molecule has 0 aliphatic heterocycles. The lowest BCUT2D eigenvalue weighted by Crippen LogP contribution is -2.38. The molecule has 2 aromatic carbocycles. The van der Waals surface area contributed by atoms with Crippen LogP contribution >= 0.6 is 11.6 Å². The molecular formula is C22H28ClNO2. The zero-order valence-electron chi connectivity index (χ0n) is 16.4. The number of hydrogen-bond donors (Lipinski definition) is 1. The molecule has 26 heavy (non-hydrogen) atoms. The first-order chi connectivity index (χ1) is 12.2. The Labute approximate surface area is 161 Å². The van der Waals surface area contributed by atoms with E-state index in [-0.39, 0.29) is 11.9 Å². The van der Waals surface area contributed by atoms with Crippen LogP contribution in [0.15, 0.2) is 30.3 Å². The van der Waals surface area contributed by atoms with Crippen LogP contribution in [0.2, 0.25) is 5.02 Å². The van der Waals surface area contributed by atoms with Crippen LogP contribution in [0.25, 0.3) is 0 Å². The predicted molar refractivity (Wildman–Crippen MR) is 108 cm³/mol. The Bertz CT molecular complexity index is 778. The standard InChI is InChI=1S/C22H28ClNO2/c1-7-20(19-9-8-13(2)10-14(19)3)24-22(25)17(6)26-18-11-15(4)21(23)16(5)12-18/h8-12,17,20H,7H2,1-6H3,(H,24,25)/t17-,20+/m1/s1. The molecular weight excluding hydrogens is 346 g/mol. The average molecular weight is 374 g/mol. The van der Waals surface area contributed by atoms with Crippen molar-refractivity contribution >= 4 is 17.5 Å². The van der Waals surface area contributed by atoms with Gasteiger partial charge >= 0.3 is 0 Å². The number of ether oxygens (including phenoxy) is 1. The van der Waals surface area contributed by atoms with E-state index < -0.39 is 6.10 Å². The van der Waals surface area contributed by atoms with Gasteiger partial charge in [-0.2, -0.15) is 0 Å². The number of halogens is 1. The van der Waals surface area contributed by atoms with Crippen molar-refractivity contribution in [1.29, 1.82) is 0 Å². The van der Waals surface area contributed by atoms with E-state index in [9.17, 15) is 4.79 Å². The fourth-order valence-electron chi connectivity index (χ4n) is 3.14. The van der Waals surface area contributed by atoms with E-state index in [1.165, 1.54) is 11.1 Å². The lowest BCUT2D eigenvalue weighted by Gasteiger charge is -2.23. The first kappa shape index (κ1) is 20.3. The molecule has 0 saturated heterocycles. The maximum atomic E-state index is 12.6. The van der Waals surface area contributed by atoms with E-state index in [4.69, 9.17) is 16.3 Å². The number of benzene rings is 2. The van der Waals surface area contributed by atoms with Crippen LogP contribution in [0.3, 0.4) is 0 Å². The van der Waals surface area contributed by atoms with Gasteiger partial charge in [0.2, 0.25) is 0 Å². The number of amides is 1. The van der Waals surface area contributed by atoms with Crippen LogP contribution in [-0.2, 0) is 4.79 Å². The first-order valence-corrected chi connectivity index (χ1v) is 9.41. The van der Waals surface area contributed by atoms with E-state index in [1.54, 1.807) is 6.92 Å². The average Bonchev–Trinajstić information content (AvgIpc) is 2.57. The van der Waals surface area contributed by atoms with Crippen LogP contribution in [0.5, 0.6) is 5.75 Å². The Morgan fingerprint density at radius 3 is 2.23 bits per heavy atom. The molecule has 1 amide bonds. The van der Waals surface area contributed by atoms with E-state index in [2.05, 4.69) is 44.3 Å². The van der Waals surface area contributed by atoms with Gasteiger partial charge in [-0.3, -0.25) is 4.79 Å². The molecule has 140 valence electrons. The zero-order valence-corrected chi connectivity index (χ0v) is 17.2. The van der Waals surface area contributed by atoms with Gasteiger partial charge in [-0.15, -0.1) is 0 Å². The molecule has 0 fully saturated rings. The monoisotopic (exact) mass is 373 g/mol. The Kier molecular flexibility index (Phi) is 6.71. The highest BCUT2D eigenvalue weighted by Gasteiger charge is 2.20. The Hall–Kier alpha value is -2.00. The maximum absolute atomic E-state index is 12.6. The van der Waals surface area contributed by atoms with Crippen LogP contribution in [-0.4, -0.2) is 12.0 Å². The largest absolute Gasteiger partial charge is 0.481 e. The van der Waals surface area contributed by atoms with Crippen molar-refractivity contribution in [3.63, 3.8) is 0 Å². The molecule has 1 N–H and O–H groups in total. The summed E-state index contributed by atoms with van der Waals surface area (Å²) in [7, 11) is 0. The molecule has 2 atom stereocenters. The summed E-state index contributed by atoms with van der Waals surface area (Å²) in [4.78, 5) is 12.6. The third-order valence-corrected chi connectivity index (χ3v) is 5.21. The molecule has 2 aromatic rings. The quantitative estimate of drug-likeness (QED) is 0.714. The number of carbonyl (C=O) groups excluding carboxylic acids is 1. The number of carbonyl (C=O) groups is 1. The normalized spacial score (nSPS) is 13.2. The number of aryl methyl sites for hydroxylation is 4. The zero-order chi connectivity index (χ0) is 19.4.